The van der Waals surface area contributed by atoms with Crippen LogP contribution >= 0.6 is 0 Å². The first-order valence-corrected chi connectivity index (χ1v) is 7.02. The van der Waals surface area contributed by atoms with Crippen molar-refractivity contribution in [3.63, 3.8) is 0 Å². The maximum atomic E-state index is 13.1. The van der Waals surface area contributed by atoms with Gasteiger partial charge in [-0.15, -0.1) is 0 Å². The predicted octanol–water partition coefficient (Wildman–Crippen LogP) is 3.51. The molecule has 5 heteroatoms. The maximum Gasteiger partial charge on any atom is 0.248 e. The van der Waals surface area contributed by atoms with Crippen molar-refractivity contribution < 1.29 is 13.2 Å². The lowest BCUT2D eigenvalue weighted by Gasteiger charge is -2.26. The van der Waals surface area contributed by atoms with Gasteiger partial charge < -0.3 is 9.73 Å². The van der Waals surface area contributed by atoms with E-state index in [0.717, 1.165) is 18.7 Å². The Hall–Kier alpha value is -0.970. The number of rotatable bonds is 5. The smallest absolute Gasteiger partial charge is 0.248 e. The van der Waals surface area contributed by atoms with E-state index in [4.69, 9.17) is 4.42 Å². The molecule has 0 atom stereocenters. The number of alkyl halides is 2. The molecule has 0 spiro atoms. The summed E-state index contributed by atoms with van der Waals surface area (Å²) in [7, 11) is 0. The third-order valence-electron chi connectivity index (χ3n) is 3.58. The van der Waals surface area contributed by atoms with Gasteiger partial charge in [0.25, 0.3) is 0 Å². The molecule has 2 rings (SSSR count). The van der Waals surface area contributed by atoms with E-state index in [1.807, 2.05) is 0 Å². The molecular weight excluding hydrogens is 250 g/mol. The van der Waals surface area contributed by atoms with E-state index in [-0.39, 0.29) is 18.8 Å². The monoisotopic (exact) mass is 272 g/mol. The van der Waals surface area contributed by atoms with Crippen molar-refractivity contribution in [2.24, 2.45) is 0 Å². The lowest BCUT2D eigenvalue weighted by molar-refractivity contribution is -0.0395. The minimum atomic E-state index is -2.49. The van der Waals surface area contributed by atoms with Crippen LogP contribution in [0.3, 0.4) is 0 Å². The topological polar surface area (TPSA) is 38.1 Å². The second-order valence-electron chi connectivity index (χ2n) is 5.65. The molecule has 1 fully saturated rings. The van der Waals surface area contributed by atoms with Crippen LogP contribution in [0.5, 0.6) is 0 Å². The Labute approximate surface area is 112 Å². The highest BCUT2D eigenvalue weighted by Gasteiger charge is 2.36. The van der Waals surface area contributed by atoms with Gasteiger partial charge in [-0.1, -0.05) is 13.8 Å². The first-order chi connectivity index (χ1) is 8.96. The summed E-state index contributed by atoms with van der Waals surface area (Å²) in [5.74, 6) is -0.907. The molecule has 0 radical (unpaired) electrons. The van der Waals surface area contributed by atoms with Crippen LogP contribution in [-0.2, 0) is 6.42 Å². The van der Waals surface area contributed by atoms with Crippen LogP contribution < -0.4 is 5.32 Å². The standard InChI is InChI=1S/C14H22F2N2O/c1-10(2)17-8-5-13-18-9-12(19-13)11-3-6-14(15,16)7-4-11/h9-11,17H,3-8H2,1-2H3. The summed E-state index contributed by atoms with van der Waals surface area (Å²) in [4.78, 5) is 4.23. The van der Waals surface area contributed by atoms with Gasteiger partial charge in [-0.2, -0.15) is 0 Å². The molecular formula is C14H22F2N2O. The van der Waals surface area contributed by atoms with Crippen LogP contribution in [0.1, 0.15) is 57.1 Å². The molecule has 1 aliphatic rings. The van der Waals surface area contributed by atoms with Gasteiger partial charge in [-0.05, 0) is 12.8 Å². The largest absolute Gasteiger partial charge is 0.445 e. The number of halogens is 2. The fourth-order valence-electron chi connectivity index (χ4n) is 2.42. The second-order valence-corrected chi connectivity index (χ2v) is 5.65. The van der Waals surface area contributed by atoms with Crippen molar-refractivity contribution in [1.29, 1.82) is 0 Å². The predicted molar refractivity (Wildman–Crippen MR) is 69.5 cm³/mol. The Morgan fingerprint density at radius 1 is 1.42 bits per heavy atom. The molecule has 1 aromatic rings. The average molecular weight is 272 g/mol. The molecule has 1 saturated carbocycles. The Balaban J connectivity index is 1.84. The fourth-order valence-corrected chi connectivity index (χ4v) is 2.42. The summed E-state index contributed by atoms with van der Waals surface area (Å²) >= 11 is 0. The molecule has 19 heavy (non-hydrogen) atoms. The molecule has 0 saturated heterocycles. The van der Waals surface area contributed by atoms with Crippen molar-refractivity contribution >= 4 is 0 Å². The van der Waals surface area contributed by atoms with Crippen LogP contribution in [0, 0.1) is 0 Å². The molecule has 1 aromatic heterocycles. The number of nitrogens with one attached hydrogen (secondary N) is 1. The average Bonchev–Trinajstić information content (AvgIpc) is 2.77. The van der Waals surface area contributed by atoms with Gasteiger partial charge in [-0.25, -0.2) is 13.8 Å². The zero-order chi connectivity index (χ0) is 13.9. The Morgan fingerprint density at radius 2 is 2.11 bits per heavy atom. The minimum absolute atomic E-state index is 0.0391. The summed E-state index contributed by atoms with van der Waals surface area (Å²) < 4.78 is 31.8. The van der Waals surface area contributed by atoms with E-state index in [9.17, 15) is 8.78 Å². The second kappa shape index (κ2) is 5.99. The third-order valence-corrected chi connectivity index (χ3v) is 3.58. The van der Waals surface area contributed by atoms with Gasteiger partial charge in [0.15, 0.2) is 5.89 Å². The zero-order valence-electron chi connectivity index (χ0n) is 11.6. The number of hydrogen-bond acceptors (Lipinski definition) is 3. The SMILES string of the molecule is CC(C)NCCc1ncc(C2CCC(F)(F)CC2)o1. The molecule has 0 unspecified atom stereocenters. The van der Waals surface area contributed by atoms with Gasteiger partial charge in [0.1, 0.15) is 5.76 Å². The maximum absolute atomic E-state index is 13.1. The van der Waals surface area contributed by atoms with Crippen LogP contribution in [-0.4, -0.2) is 23.5 Å². The van der Waals surface area contributed by atoms with Crippen molar-refractivity contribution in [2.45, 2.75) is 63.8 Å². The quantitative estimate of drug-likeness (QED) is 0.891. The first-order valence-electron chi connectivity index (χ1n) is 7.02. The van der Waals surface area contributed by atoms with E-state index < -0.39 is 5.92 Å². The highest BCUT2D eigenvalue weighted by atomic mass is 19.3. The molecule has 3 nitrogen and oxygen atoms in total. The molecule has 0 amide bonds. The highest BCUT2D eigenvalue weighted by molar-refractivity contribution is 5.04. The van der Waals surface area contributed by atoms with E-state index in [0.29, 0.717) is 24.8 Å². The molecule has 1 heterocycles. The van der Waals surface area contributed by atoms with E-state index in [1.54, 1.807) is 6.20 Å². The van der Waals surface area contributed by atoms with Crippen LogP contribution in [0.25, 0.3) is 0 Å². The number of aromatic nitrogens is 1. The van der Waals surface area contributed by atoms with E-state index in [2.05, 4.69) is 24.1 Å². The summed E-state index contributed by atoms with van der Waals surface area (Å²) in [5.41, 5.74) is 0. The van der Waals surface area contributed by atoms with E-state index in [1.165, 1.54) is 0 Å². The van der Waals surface area contributed by atoms with Crippen LogP contribution in [0.4, 0.5) is 8.78 Å². The Kier molecular flexibility index (Phi) is 4.55. The number of hydrogen-bond donors (Lipinski definition) is 1. The van der Waals surface area contributed by atoms with Gasteiger partial charge in [-0.3, -0.25) is 0 Å². The van der Waals surface area contributed by atoms with Gasteiger partial charge in [0.2, 0.25) is 5.92 Å². The van der Waals surface area contributed by atoms with Gasteiger partial charge >= 0.3 is 0 Å². The van der Waals surface area contributed by atoms with Crippen molar-refractivity contribution in [3.05, 3.63) is 17.8 Å². The fraction of sp³-hybridized carbons (Fsp3) is 0.786. The van der Waals surface area contributed by atoms with Gasteiger partial charge in [0.05, 0.1) is 6.20 Å². The summed E-state index contributed by atoms with van der Waals surface area (Å²) in [6, 6.07) is 0.440. The third kappa shape index (κ3) is 4.27. The first kappa shape index (κ1) is 14.4. The lowest BCUT2D eigenvalue weighted by atomic mass is 9.85. The van der Waals surface area contributed by atoms with Crippen LogP contribution in [0.15, 0.2) is 10.6 Å². The summed E-state index contributed by atoms with van der Waals surface area (Å²) in [6.45, 7) is 4.99. The molecule has 0 aliphatic heterocycles. The summed E-state index contributed by atoms with van der Waals surface area (Å²) in [5, 5.41) is 3.29. The molecule has 0 aromatic carbocycles. The zero-order valence-corrected chi connectivity index (χ0v) is 11.6. The molecule has 1 N–H and O–H groups in total. The van der Waals surface area contributed by atoms with Crippen molar-refractivity contribution in [3.8, 4) is 0 Å². The van der Waals surface area contributed by atoms with Crippen molar-refractivity contribution in [1.82, 2.24) is 10.3 Å². The van der Waals surface area contributed by atoms with Crippen LogP contribution in [0.2, 0.25) is 0 Å². The molecule has 108 valence electrons. The lowest BCUT2D eigenvalue weighted by Crippen LogP contribution is -2.25. The highest BCUT2D eigenvalue weighted by Crippen LogP contribution is 2.40. The molecule has 0 bridgehead atoms. The Bertz CT molecular complexity index is 394. The van der Waals surface area contributed by atoms with Gasteiger partial charge in [0, 0.05) is 37.8 Å². The molecule has 1 aliphatic carbocycles. The number of nitrogens with zero attached hydrogens (tertiary/aromatic N) is 1. The van der Waals surface area contributed by atoms with Crippen molar-refractivity contribution in [2.75, 3.05) is 6.54 Å². The Morgan fingerprint density at radius 3 is 2.74 bits per heavy atom. The normalized spacial score (nSPS) is 20.1. The van der Waals surface area contributed by atoms with E-state index >= 15 is 0 Å². The minimum Gasteiger partial charge on any atom is -0.445 e. The number of oxazole rings is 1. The summed E-state index contributed by atoms with van der Waals surface area (Å²) in [6.07, 6.45) is 3.35.